The number of aromatic nitrogens is 4. The Kier molecular flexibility index (Phi) is 3.27. The van der Waals surface area contributed by atoms with Gasteiger partial charge in [-0.3, -0.25) is 0 Å². The van der Waals surface area contributed by atoms with Gasteiger partial charge in [-0.05, 0) is 39.2 Å². The fourth-order valence-electron chi connectivity index (χ4n) is 2.94. The fraction of sp³-hybridized carbons (Fsp3) is 0.533. The quantitative estimate of drug-likeness (QED) is 0.805. The monoisotopic (exact) mass is 317 g/mol. The van der Waals surface area contributed by atoms with Crippen LogP contribution in [-0.2, 0) is 4.74 Å². The van der Waals surface area contributed by atoms with Crippen LogP contribution in [0.4, 0.5) is 5.95 Å². The number of thiophene rings is 1. The highest BCUT2D eigenvalue weighted by atomic mass is 32.1. The van der Waals surface area contributed by atoms with Gasteiger partial charge in [0.05, 0.1) is 11.5 Å². The summed E-state index contributed by atoms with van der Waals surface area (Å²) in [4.78, 5) is 11.7. The number of fused-ring (bicyclic) bond motifs is 3. The van der Waals surface area contributed by atoms with Crippen LogP contribution in [0, 0.1) is 20.8 Å². The van der Waals surface area contributed by atoms with E-state index in [0.717, 1.165) is 53.6 Å². The zero-order valence-electron chi connectivity index (χ0n) is 13.0. The van der Waals surface area contributed by atoms with Crippen molar-refractivity contribution in [3.05, 3.63) is 16.3 Å². The van der Waals surface area contributed by atoms with E-state index in [1.54, 1.807) is 11.3 Å². The summed E-state index contributed by atoms with van der Waals surface area (Å²) >= 11 is 1.71. The second-order valence-corrected chi connectivity index (χ2v) is 7.01. The van der Waals surface area contributed by atoms with Crippen molar-refractivity contribution < 1.29 is 4.74 Å². The molecule has 0 radical (unpaired) electrons. The van der Waals surface area contributed by atoms with Crippen molar-refractivity contribution in [3.8, 4) is 0 Å². The summed E-state index contributed by atoms with van der Waals surface area (Å²) < 4.78 is 7.49. The van der Waals surface area contributed by atoms with Gasteiger partial charge >= 0.3 is 0 Å². The summed E-state index contributed by atoms with van der Waals surface area (Å²) in [7, 11) is 0. The van der Waals surface area contributed by atoms with Crippen molar-refractivity contribution in [1.82, 2.24) is 19.6 Å². The Morgan fingerprint density at radius 1 is 1.32 bits per heavy atom. The highest BCUT2D eigenvalue weighted by molar-refractivity contribution is 7.18. The molecular weight excluding hydrogens is 298 g/mol. The Labute approximate surface area is 132 Å². The molecule has 0 aromatic carbocycles. The van der Waals surface area contributed by atoms with E-state index in [9.17, 15) is 0 Å². The van der Waals surface area contributed by atoms with Gasteiger partial charge in [-0.25, -0.2) is 9.97 Å². The Bertz CT molecular complexity index is 847. The minimum atomic E-state index is 0.268. The third-order valence-corrected chi connectivity index (χ3v) is 5.32. The molecule has 6 nitrogen and oxygen atoms in total. The molecule has 1 aliphatic rings. The van der Waals surface area contributed by atoms with Crippen LogP contribution in [0.5, 0.6) is 0 Å². The van der Waals surface area contributed by atoms with Gasteiger partial charge in [-0.15, -0.1) is 16.4 Å². The zero-order valence-corrected chi connectivity index (χ0v) is 13.8. The van der Waals surface area contributed by atoms with Crippen LogP contribution in [0.3, 0.4) is 0 Å². The molecule has 0 bridgehead atoms. The Hall–Kier alpha value is -1.73. The van der Waals surface area contributed by atoms with Gasteiger partial charge in [0.25, 0.3) is 0 Å². The fourth-order valence-corrected chi connectivity index (χ4v) is 3.97. The summed E-state index contributed by atoms with van der Waals surface area (Å²) in [5, 5.41) is 9.01. The molecule has 0 aliphatic carbocycles. The molecule has 1 atom stereocenters. The second kappa shape index (κ2) is 5.17. The lowest BCUT2D eigenvalue weighted by Crippen LogP contribution is -2.20. The summed E-state index contributed by atoms with van der Waals surface area (Å²) in [6.45, 7) is 7.79. The van der Waals surface area contributed by atoms with E-state index in [1.165, 1.54) is 10.4 Å². The molecule has 4 heterocycles. The maximum Gasteiger partial charge on any atom is 0.227 e. The van der Waals surface area contributed by atoms with E-state index in [4.69, 9.17) is 9.72 Å². The first-order valence-electron chi connectivity index (χ1n) is 7.62. The van der Waals surface area contributed by atoms with Gasteiger partial charge in [-0.2, -0.15) is 4.52 Å². The van der Waals surface area contributed by atoms with Crippen LogP contribution in [-0.4, -0.2) is 38.8 Å². The Balaban J connectivity index is 1.81. The molecule has 1 saturated heterocycles. The van der Waals surface area contributed by atoms with Crippen molar-refractivity contribution >= 4 is 33.1 Å². The first kappa shape index (κ1) is 13.9. The molecule has 1 aliphatic heterocycles. The van der Waals surface area contributed by atoms with Gasteiger partial charge in [0.15, 0.2) is 5.65 Å². The topological polar surface area (TPSA) is 64.3 Å². The van der Waals surface area contributed by atoms with E-state index in [0.29, 0.717) is 0 Å². The lowest BCUT2D eigenvalue weighted by molar-refractivity contribution is 0.120. The second-order valence-electron chi connectivity index (χ2n) is 5.81. The third kappa shape index (κ3) is 2.16. The highest BCUT2D eigenvalue weighted by Gasteiger charge is 2.19. The van der Waals surface area contributed by atoms with Gasteiger partial charge in [0.2, 0.25) is 5.95 Å². The number of nitrogens with one attached hydrogen (secondary N) is 1. The predicted molar refractivity (Wildman–Crippen MR) is 87.8 cm³/mol. The highest BCUT2D eigenvalue weighted by Crippen LogP contribution is 2.32. The van der Waals surface area contributed by atoms with Crippen LogP contribution in [0.25, 0.3) is 15.9 Å². The first-order chi connectivity index (χ1) is 10.6. The van der Waals surface area contributed by atoms with Crippen molar-refractivity contribution in [2.75, 3.05) is 18.5 Å². The Morgan fingerprint density at radius 3 is 2.95 bits per heavy atom. The maximum absolute atomic E-state index is 5.67. The summed E-state index contributed by atoms with van der Waals surface area (Å²) in [5.41, 5.74) is 2.13. The average Bonchev–Trinajstić information content (AvgIpc) is 3.17. The summed E-state index contributed by atoms with van der Waals surface area (Å²) in [5.74, 6) is 1.51. The van der Waals surface area contributed by atoms with E-state index < -0.39 is 0 Å². The number of anilines is 1. The molecule has 1 fully saturated rings. The van der Waals surface area contributed by atoms with Crippen LogP contribution in [0.1, 0.15) is 29.1 Å². The molecular formula is C15H19N5OS. The van der Waals surface area contributed by atoms with E-state index in [-0.39, 0.29) is 6.10 Å². The third-order valence-electron chi connectivity index (χ3n) is 4.22. The average molecular weight is 317 g/mol. The molecule has 0 amide bonds. The lowest BCUT2D eigenvalue weighted by Gasteiger charge is -2.12. The van der Waals surface area contributed by atoms with Gasteiger partial charge in [-0.1, -0.05) is 0 Å². The molecule has 1 N–H and O–H groups in total. The molecule has 0 saturated carbocycles. The molecule has 3 aromatic heterocycles. The molecule has 0 spiro atoms. The number of aryl methyl sites for hydroxylation is 3. The zero-order chi connectivity index (χ0) is 15.3. The standard InChI is InChI=1S/C15H19N5OS/c1-8-9(2)22-14-12(8)13-17-10(3)19-20(13)15(18-14)16-7-11-5-4-6-21-11/h11H,4-7H2,1-3H3,(H,16,18)/t11-/m0/s1. The number of nitrogens with zero attached hydrogens (tertiary/aromatic N) is 4. The van der Waals surface area contributed by atoms with Crippen molar-refractivity contribution in [2.24, 2.45) is 0 Å². The number of hydrogen-bond donors (Lipinski definition) is 1. The molecule has 3 aromatic rings. The molecule has 22 heavy (non-hydrogen) atoms. The summed E-state index contributed by atoms with van der Waals surface area (Å²) in [6.07, 6.45) is 2.51. The van der Waals surface area contributed by atoms with Crippen molar-refractivity contribution in [3.63, 3.8) is 0 Å². The molecule has 4 rings (SSSR count). The first-order valence-corrected chi connectivity index (χ1v) is 8.43. The Morgan fingerprint density at radius 2 is 2.18 bits per heavy atom. The van der Waals surface area contributed by atoms with Crippen molar-refractivity contribution in [2.45, 2.75) is 39.7 Å². The number of hydrogen-bond acceptors (Lipinski definition) is 6. The largest absolute Gasteiger partial charge is 0.376 e. The molecule has 116 valence electrons. The normalized spacial score (nSPS) is 18.6. The van der Waals surface area contributed by atoms with Crippen LogP contribution in [0.15, 0.2) is 0 Å². The minimum absolute atomic E-state index is 0.268. The smallest absolute Gasteiger partial charge is 0.227 e. The molecule has 7 heteroatoms. The van der Waals surface area contributed by atoms with E-state index >= 15 is 0 Å². The van der Waals surface area contributed by atoms with E-state index in [2.05, 4.69) is 29.2 Å². The predicted octanol–water partition coefficient (Wildman–Crippen LogP) is 2.86. The SMILES string of the molecule is Cc1nc2c3c(C)c(C)sc3nc(NC[C@@H]3CCCO3)n2n1. The van der Waals surface area contributed by atoms with Crippen LogP contribution < -0.4 is 5.32 Å². The summed E-state index contributed by atoms with van der Waals surface area (Å²) in [6, 6.07) is 0. The maximum atomic E-state index is 5.67. The van der Waals surface area contributed by atoms with E-state index in [1.807, 2.05) is 11.4 Å². The molecule has 0 unspecified atom stereocenters. The van der Waals surface area contributed by atoms with Gasteiger partial charge in [0.1, 0.15) is 10.7 Å². The van der Waals surface area contributed by atoms with Crippen LogP contribution >= 0.6 is 11.3 Å². The minimum Gasteiger partial charge on any atom is -0.376 e. The van der Waals surface area contributed by atoms with Gasteiger partial charge < -0.3 is 10.1 Å². The number of ether oxygens (including phenoxy) is 1. The number of rotatable bonds is 3. The van der Waals surface area contributed by atoms with Crippen molar-refractivity contribution in [1.29, 1.82) is 0 Å². The van der Waals surface area contributed by atoms with Gasteiger partial charge in [0, 0.05) is 18.0 Å². The van der Waals surface area contributed by atoms with Crippen LogP contribution in [0.2, 0.25) is 0 Å². The lowest BCUT2D eigenvalue weighted by atomic mass is 10.2.